The largest absolute Gasteiger partial charge is 0.503 e. The summed E-state index contributed by atoms with van der Waals surface area (Å²) in [6.07, 6.45) is 2.36. The first-order chi connectivity index (χ1) is 17.1. The second kappa shape index (κ2) is 10.1. The number of carbonyl (C=O) groups excluding carboxylic acids is 2. The molecule has 2 aromatic carbocycles. The second-order valence-electron chi connectivity index (χ2n) is 8.49. The number of hydrogen-bond donors (Lipinski definition) is 2. The lowest BCUT2D eigenvalue weighted by Crippen LogP contribution is -2.33. The molecule has 36 heavy (non-hydrogen) atoms. The van der Waals surface area contributed by atoms with Gasteiger partial charge in [-0.15, -0.1) is 0 Å². The van der Waals surface area contributed by atoms with Gasteiger partial charge >= 0.3 is 0 Å². The van der Waals surface area contributed by atoms with Gasteiger partial charge in [-0.05, 0) is 42.7 Å². The van der Waals surface area contributed by atoms with Gasteiger partial charge in [0.2, 0.25) is 5.43 Å². The van der Waals surface area contributed by atoms with Crippen LogP contribution in [-0.2, 0) is 13.0 Å². The van der Waals surface area contributed by atoms with Crippen LogP contribution < -0.4 is 15.6 Å². The fourth-order valence-electron chi connectivity index (χ4n) is 4.37. The average molecular weight is 520 g/mol. The lowest BCUT2D eigenvalue weighted by atomic mass is 10.0. The Bertz CT molecular complexity index is 1430. The lowest BCUT2D eigenvalue weighted by Gasteiger charge is -2.27. The van der Waals surface area contributed by atoms with Gasteiger partial charge in [0, 0.05) is 37.6 Å². The van der Waals surface area contributed by atoms with E-state index in [1.54, 1.807) is 13.1 Å². The fourth-order valence-corrected chi connectivity index (χ4v) is 4.55. The molecule has 0 fully saturated rings. The van der Waals surface area contributed by atoms with Gasteiger partial charge in [0.25, 0.3) is 5.91 Å². The van der Waals surface area contributed by atoms with Crippen molar-refractivity contribution in [3.63, 3.8) is 0 Å². The number of likely N-dealkylation sites (N-methyl/N-ethyl adjacent to an activating group) is 1. The van der Waals surface area contributed by atoms with Gasteiger partial charge < -0.3 is 19.9 Å². The van der Waals surface area contributed by atoms with Gasteiger partial charge in [-0.25, -0.2) is 13.2 Å². The summed E-state index contributed by atoms with van der Waals surface area (Å²) < 4.78 is 42.7. The Kier molecular flexibility index (Phi) is 7.07. The minimum atomic E-state index is -1.07. The van der Waals surface area contributed by atoms with E-state index in [1.165, 1.54) is 22.9 Å². The predicted molar refractivity (Wildman–Crippen MR) is 127 cm³/mol. The first-order valence-electron chi connectivity index (χ1n) is 11.0. The smallest absolute Gasteiger partial charge is 0.257 e. The van der Waals surface area contributed by atoms with E-state index in [9.17, 15) is 32.7 Å². The van der Waals surface area contributed by atoms with E-state index in [-0.39, 0.29) is 17.1 Å². The zero-order valence-electron chi connectivity index (χ0n) is 19.0. The van der Waals surface area contributed by atoms with Crippen molar-refractivity contribution in [2.24, 2.45) is 0 Å². The van der Waals surface area contributed by atoms with E-state index < -0.39 is 51.9 Å². The normalized spacial score (nSPS) is 15.2. The quantitative estimate of drug-likeness (QED) is 0.393. The summed E-state index contributed by atoms with van der Waals surface area (Å²) in [5.41, 5.74) is -0.397. The number of halogens is 4. The van der Waals surface area contributed by atoms with Gasteiger partial charge in [-0.1, -0.05) is 17.7 Å². The number of anilines is 1. The molecule has 0 saturated carbocycles. The van der Waals surface area contributed by atoms with Crippen molar-refractivity contribution in [3.8, 4) is 5.75 Å². The number of aromatic nitrogens is 1. The number of nitrogens with zero attached hydrogens (tertiary/aromatic N) is 2. The van der Waals surface area contributed by atoms with E-state index in [2.05, 4.69) is 5.32 Å². The molecule has 11 heteroatoms. The van der Waals surface area contributed by atoms with Crippen LogP contribution in [0.4, 0.5) is 18.9 Å². The molecular formula is C25H21ClF3N3O4. The molecule has 1 aliphatic heterocycles. The van der Waals surface area contributed by atoms with E-state index in [4.69, 9.17) is 11.6 Å². The number of aromatic hydroxyl groups is 1. The zero-order valence-corrected chi connectivity index (χ0v) is 19.8. The maximum atomic E-state index is 14.2. The molecule has 0 aliphatic carbocycles. The second-order valence-corrected chi connectivity index (χ2v) is 8.87. The molecule has 0 radical (unpaired) electrons. The Morgan fingerprint density at radius 3 is 2.72 bits per heavy atom. The van der Waals surface area contributed by atoms with Crippen LogP contribution in [-0.4, -0.2) is 35.5 Å². The number of aryl methyl sites for hydroxylation is 1. The fraction of sp³-hybridized carbons (Fsp3) is 0.240. The van der Waals surface area contributed by atoms with Crippen molar-refractivity contribution in [2.45, 2.75) is 25.4 Å². The van der Waals surface area contributed by atoms with E-state index in [1.807, 2.05) is 4.90 Å². The predicted octanol–water partition coefficient (Wildman–Crippen LogP) is 3.99. The number of pyridine rings is 1. The highest BCUT2D eigenvalue weighted by molar-refractivity contribution is 6.30. The van der Waals surface area contributed by atoms with Gasteiger partial charge in [-0.2, -0.15) is 0 Å². The molecule has 0 spiro atoms. The molecule has 0 bridgehead atoms. The number of rotatable bonds is 5. The van der Waals surface area contributed by atoms with Crippen LogP contribution >= 0.6 is 11.6 Å². The van der Waals surface area contributed by atoms with E-state index in [0.717, 1.165) is 23.4 Å². The number of aldehydes is 1. The van der Waals surface area contributed by atoms with Gasteiger partial charge in [0.15, 0.2) is 12.0 Å². The maximum Gasteiger partial charge on any atom is 0.257 e. The number of benzene rings is 2. The van der Waals surface area contributed by atoms with E-state index in [0.29, 0.717) is 25.7 Å². The molecule has 4 rings (SSSR count). The van der Waals surface area contributed by atoms with Crippen LogP contribution in [0, 0.1) is 17.5 Å². The SMILES string of the molecule is CN1CC(n2cc(C(=O)NCc3ccc(F)c(Cl)c3F)c(=O)c(O)c2C=O)CCc2cc(F)ccc21. The Balaban J connectivity index is 1.66. The molecule has 2 N–H and O–H groups in total. The number of hydrogen-bond acceptors (Lipinski definition) is 5. The summed E-state index contributed by atoms with van der Waals surface area (Å²) >= 11 is 5.56. The molecule has 0 saturated heterocycles. The van der Waals surface area contributed by atoms with Gasteiger partial charge in [0.1, 0.15) is 33.7 Å². The van der Waals surface area contributed by atoms with Crippen molar-refractivity contribution in [1.82, 2.24) is 9.88 Å². The Morgan fingerprint density at radius 1 is 1.25 bits per heavy atom. The topological polar surface area (TPSA) is 91.6 Å². The highest BCUT2D eigenvalue weighted by Crippen LogP contribution is 2.31. The Morgan fingerprint density at radius 2 is 2.00 bits per heavy atom. The molecule has 1 atom stereocenters. The van der Waals surface area contributed by atoms with Crippen LogP contribution in [0.5, 0.6) is 5.75 Å². The van der Waals surface area contributed by atoms with Crippen LogP contribution in [0.1, 0.15) is 44.4 Å². The first-order valence-corrected chi connectivity index (χ1v) is 11.3. The molecule has 7 nitrogen and oxygen atoms in total. The van der Waals surface area contributed by atoms with E-state index >= 15 is 0 Å². The highest BCUT2D eigenvalue weighted by atomic mass is 35.5. The molecular weight excluding hydrogens is 499 g/mol. The van der Waals surface area contributed by atoms with Crippen LogP contribution in [0.2, 0.25) is 5.02 Å². The maximum absolute atomic E-state index is 14.2. The summed E-state index contributed by atoms with van der Waals surface area (Å²) in [5, 5.41) is 12.1. The molecule has 3 aromatic rings. The average Bonchev–Trinajstić information content (AvgIpc) is 3.01. The number of fused-ring (bicyclic) bond motifs is 1. The zero-order chi connectivity index (χ0) is 26.1. The summed E-state index contributed by atoms with van der Waals surface area (Å²) in [4.78, 5) is 39.2. The Hall–Kier alpha value is -3.79. The van der Waals surface area contributed by atoms with Crippen molar-refractivity contribution in [2.75, 3.05) is 18.5 Å². The first kappa shape index (κ1) is 25.3. The highest BCUT2D eigenvalue weighted by Gasteiger charge is 2.27. The van der Waals surface area contributed by atoms with Crippen LogP contribution in [0.15, 0.2) is 41.3 Å². The third-order valence-electron chi connectivity index (χ3n) is 6.24. The summed E-state index contributed by atoms with van der Waals surface area (Å²) in [6.45, 7) is -0.0739. The summed E-state index contributed by atoms with van der Waals surface area (Å²) in [5.74, 6) is -4.23. The molecule has 188 valence electrons. The number of amides is 1. The van der Waals surface area contributed by atoms with Crippen LogP contribution in [0.25, 0.3) is 0 Å². The summed E-state index contributed by atoms with van der Waals surface area (Å²) in [7, 11) is 1.79. The van der Waals surface area contributed by atoms with Crippen molar-refractivity contribution in [1.29, 1.82) is 0 Å². The third kappa shape index (κ3) is 4.68. The standard InChI is InChI=1S/C25H21ClF3N3O4/c1-31-10-16(5-2-13-8-15(27)4-7-19(13)31)32-11-17(23(34)24(35)20(32)12-33)25(36)30-9-14-3-6-18(28)21(26)22(14)29/h3-4,6-8,11-12,16,35H,2,5,9-10H2,1H3,(H,30,36). The summed E-state index contributed by atoms with van der Waals surface area (Å²) in [6, 6.07) is 6.00. The minimum absolute atomic E-state index is 0.112. The molecule has 2 heterocycles. The van der Waals surface area contributed by atoms with Crippen molar-refractivity contribution in [3.05, 3.63) is 91.6 Å². The van der Waals surface area contributed by atoms with Gasteiger partial charge in [-0.3, -0.25) is 14.4 Å². The molecule has 1 unspecified atom stereocenters. The monoisotopic (exact) mass is 519 g/mol. The molecule has 1 aromatic heterocycles. The molecule has 1 amide bonds. The van der Waals surface area contributed by atoms with Crippen LogP contribution in [0.3, 0.4) is 0 Å². The lowest BCUT2D eigenvalue weighted by molar-refractivity contribution is 0.0946. The van der Waals surface area contributed by atoms with Crippen molar-refractivity contribution < 1.29 is 27.9 Å². The Labute approximate surface area is 208 Å². The minimum Gasteiger partial charge on any atom is -0.503 e. The third-order valence-corrected chi connectivity index (χ3v) is 6.58. The number of nitrogens with one attached hydrogen (secondary N) is 1. The number of carbonyl (C=O) groups is 2. The van der Waals surface area contributed by atoms with Gasteiger partial charge in [0.05, 0.1) is 6.04 Å². The molecule has 1 aliphatic rings. The van der Waals surface area contributed by atoms with Crippen molar-refractivity contribution >= 4 is 29.5 Å².